The third kappa shape index (κ3) is 1.57. The van der Waals surface area contributed by atoms with E-state index < -0.39 is 17.1 Å². The Balaban J connectivity index is 2.48. The minimum Gasteiger partial charge on any atom is -0.507 e. The fourth-order valence-corrected chi connectivity index (χ4v) is 2.88. The largest absolute Gasteiger partial charge is 0.507 e. The summed E-state index contributed by atoms with van der Waals surface area (Å²) in [6.45, 7) is 1.57. The van der Waals surface area contributed by atoms with Crippen molar-refractivity contribution in [2.24, 2.45) is 7.05 Å². The van der Waals surface area contributed by atoms with Crippen LogP contribution in [0.3, 0.4) is 0 Å². The maximum atomic E-state index is 12.7. The minimum absolute atomic E-state index is 0.0256. The summed E-state index contributed by atoms with van der Waals surface area (Å²) in [4.78, 5) is 37.7. The van der Waals surface area contributed by atoms with Crippen LogP contribution in [-0.4, -0.2) is 28.3 Å². The highest BCUT2D eigenvalue weighted by Crippen LogP contribution is 2.34. The molecule has 0 amide bonds. The fraction of sp³-hybridized carbons (Fsp3) is 0.188. The monoisotopic (exact) mass is 299 g/mol. The molecule has 3 rings (SSSR count). The predicted octanol–water partition coefficient (Wildman–Crippen LogP) is 1.18. The number of pyridine rings is 1. The highest BCUT2D eigenvalue weighted by Gasteiger charge is 2.36. The van der Waals surface area contributed by atoms with Gasteiger partial charge < -0.3 is 14.4 Å². The summed E-state index contributed by atoms with van der Waals surface area (Å²) in [5.41, 5.74) is -0.00284. The van der Waals surface area contributed by atoms with E-state index in [1.165, 1.54) is 32.4 Å². The van der Waals surface area contributed by atoms with Crippen LogP contribution in [0.25, 0.3) is 0 Å². The van der Waals surface area contributed by atoms with Crippen LogP contribution in [0.4, 0.5) is 0 Å². The second-order valence-electron chi connectivity index (χ2n) is 5.10. The van der Waals surface area contributed by atoms with Gasteiger partial charge in [0.25, 0.3) is 5.56 Å². The van der Waals surface area contributed by atoms with Gasteiger partial charge in [0.1, 0.15) is 11.4 Å². The van der Waals surface area contributed by atoms with E-state index in [2.05, 4.69) is 0 Å². The maximum absolute atomic E-state index is 12.7. The van der Waals surface area contributed by atoms with Gasteiger partial charge >= 0.3 is 0 Å². The Morgan fingerprint density at radius 3 is 2.41 bits per heavy atom. The second kappa shape index (κ2) is 4.56. The third-order valence-corrected chi connectivity index (χ3v) is 3.95. The van der Waals surface area contributed by atoms with Gasteiger partial charge in [0.2, 0.25) is 5.78 Å². The van der Waals surface area contributed by atoms with Crippen LogP contribution in [0, 0.1) is 6.92 Å². The number of ketones is 2. The Kier molecular flexibility index (Phi) is 2.91. The number of fused-ring (bicyclic) bond motifs is 2. The molecule has 0 radical (unpaired) electrons. The molecule has 1 aliphatic carbocycles. The number of nitrogens with zero attached hydrogens (tertiary/aromatic N) is 1. The zero-order valence-corrected chi connectivity index (χ0v) is 12.3. The van der Waals surface area contributed by atoms with Gasteiger partial charge in [-0.2, -0.15) is 0 Å². The van der Waals surface area contributed by atoms with Crippen molar-refractivity contribution in [2.45, 2.75) is 6.92 Å². The molecule has 2 aromatic rings. The van der Waals surface area contributed by atoms with Crippen molar-refractivity contribution < 1.29 is 19.4 Å². The predicted molar refractivity (Wildman–Crippen MR) is 77.9 cm³/mol. The Bertz CT molecular complexity index is 908. The van der Waals surface area contributed by atoms with Crippen LogP contribution < -0.4 is 10.3 Å². The number of ether oxygens (including phenoxy) is 1. The normalized spacial score (nSPS) is 12.9. The number of rotatable bonds is 1. The lowest BCUT2D eigenvalue weighted by Gasteiger charge is -2.23. The number of phenolic OH excluding ortho intramolecular Hbond substituents is 1. The lowest BCUT2D eigenvalue weighted by molar-refractivity contribution is 0.0968. The number of phenols is 1. The number of carbonyl (C=O) groups excluding carboxylic acids is 2. The van der Waals surface area contributed by atoms with Crippen LogP contribution in [0.1, 0.15) is 37.5 Å². The number of benzene rings is 1. The molecule has 1 heterocycles. The first-order valence-electron chi connectivity index (χ1n) is 6.59. The van der Waals surface area contributed by atoms with E-state index in [0.29, 0.717) is 5.56 Å². The van der Waals surface area contributed by atoms with Gasteiger partial charge in [-0.25, -0.2) is 0 Å². The summed E-state index contributed by atoms with van der Waals surface area (Å²) >= 11 is 0. The minimum atomic E-state index is -0.548. The average Bonchev–Trinajstić information content (AvgIpc) is 2.49. The summed E-state index contributed by atoms with van der Waals surface area (Å²) in [6, 6.07) is 4.32. The molecule has 0 atom stereocenters. The molecule has 1 aromatic heterocycles. The lowest BCUT2D eigenvalue weighted by Crippen LogP contribution is -2.33. The van der Waals surface area contributed by atoms with Gasteiger partial charge in [0, 0.05) is 18.2 Å². The van der Waals surface area contributed by atoms with Gasteiger partial charge in [-0.15, -0.1) is 0 Å². The molecule has 112 valence electrons. The molecule has 0 saturated carbocycles. The van der Waals surface area contributed by atoms with E-state index in [0.717, 1.165) is 4.57 Å². The van der Waals surface area contributed by atoms with Crippen molar-refractivity contribution in [3.05, 3.63) is 56.5 Å². The molecule has 0 bridgehead atoms. The molecule has 0 fully saturated rings. The SMILES string of the molecule is COc1c(C)c2c(n(C)c1=O)C(=O)c1c(O)cccc1C2=O. The van der Waals surface area contributed by atoms with Crippen molar-refractivity contribution in [2.75, 3.05) is 7.11 Å². The number of carbonyl (C=O) groups is 2. The van der Waals surface area contributed by atoms with Gasteiger partial charge in [-0.05, 0) is 13.0 Å². The molecule has 0 unspecified atom stereocenters. The van der Waals surface area contributed by atoms with E-state index in [4.69, 9.17) is 4.74 Å². The van der Waals surface area contributed by atoms with E-state index >= 15 is 0 Å². The van der Waals surface area contributed by atoms with Crippen LogP contribution in [0.5, 0.6) is 11.5 Å². The summed E-state index contributed by atoms with van der Waals surface area (Å²) in [6.07, 6.45) is 0. The zero-order valence-electron chi connectivity index (χ0n) is 12.3. The number of hydrogen-bond acceptors (Lipinski definition) is 5. The molecule has 6 nitrogen and oxygen atoms in total. The number of methoxy groups -OCH3 is 1. The standard InChI is InChI=1S/C16H13NO5/c1-7-10-12(17(2)16(21)15(7)22-3)14(20)11-8(13(10)19)5-4-6-9(11)18/h4-6,18H,1-3H3. The quantitative estimate of drug-likeness (QED) is 0.729. The van der Waals surface area contributed by atoms with Crippen molar-refractivity contribution >= 4 is 11.6 Å². The molecule has 0 saturated heterocycles. The van der Waals surface area contributed by atoms with Crippen molar-refractivity contribution in [1.82, 2.24) is 4.57 Å². The smallest absolute Gasteiger partial charge is 0.293 e. The van der Waals surface area contributed by atoms with E-state index in [-0.39, 0.29) is 33.9 Å². The Morgan fingerprint density at radius 2 is 1.77 bits per heavy atom. The molecule has 1 N–H and O–H groups in total. The molecular formula is C16H13NO5. The Morgan fingerprint density at radius 1 is 1.09 bits per heavy atom. The van der Waals surface area contributed by atoms with E-state index in [1.807, 2.05) is 0 Å². The summed E-state index contributed by atoms with van der Waals surface area (Å²) in [7, 11) is 2.74. The first-order chi connectivity index (χ1) is 10.4. The first-order valence-corrected chi connectivity index (χ1v) is 6.59. The van der Waals surface area contributed by atoms with Crippen molar-refractivity contribution in [3.8, 4) is 11.5 Å². The molecule has 1 aliphatic rings. The Hall–Kier alpha value is -2.89. The summed E-state index contributed by atoms with van der Waals surface area (Å²) < 4.78 is 6.17. The molecule has 0 spiro atoms. The topological polar surface area (TPSA) is 85.6 Å². The molecule has 6 heteroatoms. The van der Waals surface area contributed by atoms with Gasteiger partial charge in [0.15, 0.2) is 11.5 Å². The summed E-state index contributed by atoms with van der Waals surface area (Å²) in [5.74, 6) is -1.20. The van der Waals surface area contributed by atoms with Crippen molar-refractivity contribution in [3.63, 3.8) is 0 Å². The molecule has 22 heavy (non-hydrogen) atoms. The lowest BCUT2D eigenvalue weighted by atomic mass is 9.84. The highest BCUT2D eigenvalue weighted by atomic mass is 16.5. The van der Waals surface area contributed by atoms with Crippen LogP contribution >= 0.6 is 0 Å². The maximum Gasteiger partial charge on any atom is 0.293 e. The number of hydrogen-bond donors (Lipinski definition) is 1. The highest BCUT2D eigenvalue weighted by molar-refractivity contribution is 6.29. The first kappa shape index (κ1) is 14.1. The van der Waals surface area contributed by atoms with Gasteiger partial charge in [0.05, 0.1) is 18.2 Å². The summed E-state index contributed by atoms with van der Waals surface area (Å²) in [5, 5.41) is 9.92. The van der Waals surface area contributed by atoms with Crippen LogP contribution in [0.15, 0.2) is 23.0 Å². The number of aromatic hydroxyl groups is 1. The van der Waals surface area contributed by atoms with Crippen LogP contribution in [-0.2, 0) is 7.05 Å². The fourth-order valence-electron chi connectivity index (χ4n) is 2.88. The van der Waals surface area contributed by atoms with Crippen LogP contribution in [0.2, 0.25) is 0 Å². The Labute approximate surface area is 125 Å². The van der Waals surface area contributed by atoms with Gasteiger partial charge in [-0.1, -0.05) is 12.1 Å². The van der Waals surface area contributed by atoms with E-state index in [9.17, 15) is 19.5 Å². The number of aromatic nitrogens is 1. The molecule has 1 aromatic carbocycles. The third-order valence-electron chi connectivity index (χ3n) is 3.95. The van der Waals surface area contributed by atoms with Gasteiger partial charge in [-0.3, -0.25) is 14.4 Å². The zero-order chi connectivity index (χ0) is 16.2. The average molecular weight is 299 g/mol. The second-order valence-corrected chi connectivity index (χ2v) is 5.10. The molecule has 0 aliphatic heterocycles. The van der Waals surface area contributed by atoms with Crippen molar-refractivity contribution in [1.29, 1.82) is 0 Å². The van der Waals surface area contributed by atoms with E-state index in [1.54, 1.807) is 6.92 Å². The molecular weight excluding hydrogens is 286 g/mol.